The van der Waals surface area contributed by atoms with Gasteiger partial charge in [-0.15, -0.1) is 0 Å². The van der Waals surface area contributed by atoms with Crippen LogP contribution >= 0.6 is 0 Å². The second-order valence-corrected chi connectivity index (χ2v) is 6.06. The van der Waals surface area contributed by atoms with E-state index in [4.69, 9.17) is 5.73 Å². The first-order chi connectivity index (χ1) is 13.6. The fraction of sp³-hybridized carbons (Fsp3) is 0.111. The predicted molar refractivity (Wildman–Crippen MR) is 96.9 cm³/mol. The Hall–Kier alpha value is -3.66. The van der Waals surface area contributed by atoms with E-state index in [0.29, 0.717) is 28.5 Å². The van der Waals surface area contributed by atoms with E-state index in [-0.39, 0.29) is 30.1 Å². The highest BCUT2D eigenvalue weighted by Crippen LogP contribution is 2.26. The molecule has 0 atom stereocenters. The van der Waals surface area contributed by atoms with Crippen molar-refractivity contribution in [2.24, 2.45) is 5.73 Å². The van der Waals surface area contributed by atoms with E-state index in [9.17, 15) is 13.6 Å². The first kappa shape index (κ1) is 17.7. The van der Waals surface area contributed by atoms with Gasteiger partial charge in [0.1, 0.15) is 22.7 Å². The number of fused-ring (bicyclic) bond motifs is 1. The molecular formula is C18H14F2N6O2. The number of rotatable bonds is 5. The van der Waals surface area contributed by atoms with E-state index in [2.05, 4.69) is 25.1 Å². The Bertz CT molecular complexity index is 1240. The molecule has 0 unspecified atom stereocenters. The number of aromatic nitrogens is 5. The number of hydrogen-bond acceptors (Lipinski definition) is 6. The molecule has 0 bridgehead atoms. The molecule has 0 aliphatic rings. The summed E-state index contributed by atoms with van der Waals surface area (Å²) in [5.74, 6) is -0.486. The van der Waals surface area contributed by atoms with Crippen LogP contribution in [0.4, 0.5) is 8.78 Å². The summed E-state index contributed by atoms with van der Waals surface area (Å²) in [6, 6.07) is 9.60. The molecule has 2 aromatic carbocycles. The van der Waals surface area contributed by atoms with Crippen LogP contribution in [-0.2, 0) is 6.42 Å². The maximum Gasteiger partial charge on any atom is 0.348 e. The summed E-state index contributed by atoms with van der Waals surface area (Å²) in [7, 11) is 0. The molecule has 4 rings (SSSR count). The molecule has 0 saturated heterocycles. The van der Waals surface area contributed by atoms with Crippen LogP contribution in [0.2, 0.25) is 0 Å². The monoisotopic (exact) mass is 384 g/mol. The smallest absolute Gasteiger partial charge is 0.327 e. The number of halogens is 2. The SMILES string of the molecule is NC/C(=C/F)Cc1n[nH]c(=O)n1-c1ccc(-c2ccc3nonc3c2)cc1F. The Morgan fingerprint density at radius 3 is 2.68 bits per heavy atom. The van der Waals surface area contributed by atoms with Crippen molar-refractivity contribution in [1.29, 1.82) is 0 Å². The summed E-state index contributed by atoms with van der Waals surface area (Å²) >= 11 is 0. The van der Waals surface area contributed by atoms with Gasteiger partial charge in [0.25, 0.3) is 0 Å². The Morgan fingerprint density at radius 2 is 1.93 bits per heavy atom. The van der Waals surface area contributed by atoms with Gasteiger partial charge in [0.15, 0.2) is 0 Å². The minimum Gasteiger partial charge on any atom is -0.327 e. The lowest BCUT2D eigenvalue weighted by Crippen LogP contribution is -2.19. The summed E-state index contributed by atoms with van der Waals surface area (Å²) in [6.45, 7) is -0.0433. The van der Waals surface area contributed by atoms with Crippen LogP contribution in [0.3, 0.4) is 0 Å². The third kappa shape index (κ3) is 3.09. The highest BCUT2D eigenvalue weighted by atomic mass is 19.1. The largest absolute Gasteiger partial charge is 0.348 e. The van der Waals surface area contributed by atoms with Crippen molar-refractivity contribution in [3.63, 3.8) is 0 Å². The summed E-state index contributed by atoms with van der Waals surface area (Å²) in [4.78, 5) is 12.1. The van der Waals surface area contributed by atoms with E-state index in [1.165, 1.54) is 12.1 Å². The molecule has 10 heteroatoms. The van der Waals surface area contributed by atoms with Gasteiger partial charge < -0.3 is 5.73 Å². The summed E-state index contributed by atoms with van der Waals surface area (Å²) in [5, 5.41) is 13.6. The summed E-state index contributed by atoms with van der Waals surface area (Å²) < 4.78 is 33.4. The third-order valence-electron chi connectivity index (χ3n) is 4.32. The van der Waals surface area contributed by atoms with Gasteiger partial charge in [0.05, 0.1) is 12.0 Å². The van der Waals surface area contributed by atoms with Crippen LogP contribution in [0.5, 0.6) is 0 Å². The van der Waals surface area contributed by atoms with Crippen molar-refractivity contribution >= 4 is 11.0 Å². The molecule has 2 heterocycles. The van der Waals surface area contributed by atoms with Crippen molar-refractivity contribution < 1.29 is 13.4 Å². The molecule has 0 aliphatic heterocycles. The van der Waals surface area contributed by atoms with Gasteiger partial charge in [-0.05, 0) is 51.3 Å². The van der Waals surface area contributed by atoms with Crippen LogP contribution in [0.15, 0.2) is 57.7 Å². The van der Waals surface area contributed by atoms with Gasteiger partial charge in [-0.1, -0.05) is 12.1 Å². The number of H-pyrrole nitrogens is 1. The Labute approximate surface area is 156 Å². The summed E-state index contributed by atoms with van der Waals surface area (Å²) in [5.41, 5.74) is 7.46. The Morgan fingerprint density at radius 1 is 1.18 bits per heavy atom. The van der Waals surface area contributed by atoms with E-state index < -0.39 is 11.5 Å². The van der Waals surface area contributed by atoms with Gasteiger partial charge in [0.2, 0.25) is 0 Å². The van der Waals surface area contributed by atoms with Crippen molar-refractivity contribution in [3.8, 4) is 16.8 Å². The van der Waals surface area contributed by atoms with Crippen molar-refractivity contribution in [2.75, 3.05) is 6.54 Å². The number of aromatic amines is 1. The molecule has 4 aromatic rings. The number of nitrogens with one attached hydrogen (secondary N) is 1. The average Bonchev–Trinajstić information content (AvgIpc) is 3.32. The lowest BCUT2D eigenvalue weighted by atomic mass is 10.0. The molecule has 0 saturated carbocycles. The van der Waals surface area contributed by atoms with E-state index in [1.807, 2.05) is 0 Å². The molecule has 0 spiro atoms. The van der Waals surface area contributed by atoms with E-state index in [1.54, 1.807) is 24.3 Å². The number of nitrogens with two attached hydrogens (primary N) is 1. The molecule has 0 aliphatic carbocycles. The van der Waals surface area contributed by atoms with E-state index in [0.717, 1.165) is 4.57 Å². The Kier molecular flexibility index (Phi) is 4.53. The van der Waals surface area contributed by atoms with Crippen LogP contribution in [0.1, 0.15) is 5.82 Å². The van der Waals surface area contributed by atoms with Crippen LogP contribution in [0, 0.1) is 5.82 Å². The predicted octanol–water partition coefficient (Wildman–Crippen LogP) is 2.26. The minimum atomic E-state index is -0.640. The van der Waals surface area contributed by atoms with Gasteiger partial charge in [0, 0.05) is 13.0 Å². The van der Waals surface area contributed by atoms with Crippen molar-refractivity contribution in [2.45, 2.75) is 6.42 Å². The highest BCUT2D eigenvalue weighted by molar-refractivity contribution is 5.80. The molecule has 8 nitrogen and oxygen atoms in total. The second kappa shape index (κ2) is 7.16. The zero-order chi connectivity index (χ0) is 19.7. The lowest BCUT2D eigenvalue weighted by molar-refractivity contribution is 0.315. The second-order valence-electron chi connectivity index (χ2n) is 6.06. The number of nitrogens with zero attached hydrogens (tertiary/aromatic N) is 4. The normalized spacial score (nSPS) is 12.0. The van der Waals surface area contributed by atoms with Crippen LogP contribution in [0.25, 0.3) is 27.8 Å². The summed E-state index contributed by atoms with van der Waals surface area (Å²) in [6.07, 6.45) is 0.334. The maximum atomic E-state index is 14.9. The quantitative estimate of drug-likeness (QED) is 0.545. The first-order valence-corrected chi connectivity index (χ1v) is 8.28. The van der Waals surface area contributed by atoms with Gasteiger partial charge in [-0.25, -0.2) is 27.9 Å². The van der Waals surface area contributed by atoms with E-state index >= 15 is 0 Å². The molecular weight excluding hydrogens is 370 g/mol. The molecule has 142 valence electrons. The first-order valence-electron chi connectivity index (χ1n) is 8.28. The zero-order valence-corrected chi connectivity index (χ0v) is 14.4. The molecule has 3 N–H and O–H groups in total. The van der Waals surface area contributed by atoms with Gasteiger partial charge in [-0.3, -0.25) is 0 Å². The standard InChI is InChI=1S/C18H14F2N6O2/c19-8-10(9-21)5-17-22-23-18(27)26(17)16-4-2-11(6-13(16)20)12-1-3-14-15(7-12)25-28-24-14/h1-4,6-8H,5,9,21H2,(H,23,27)/b10-8+. The fourth-order valence-corrected chi connectivity index (χ4v) is 2.88. The molecule has 28 heavy (non-hydrogen) atoms. The molecule has 0 radical (unpaired) electrons. The molecule has 0 fully saturated rings. The minimum absolute atomic E-state index is 0.00286. The molecule has 0 amide bonds. The van der Waals surface area contributed by atoms with Crippen LogP contribution in [-0.4, -0.2) is 31.6 Å². The van der Waals surface area contributed by atoms with Crippen LogP contribution < -0.4 is 11.4 Å². The topological polar surface area (TPSA) is 116 Å². The zero-order valence-electron chi connectivity index (χ0n) is 14.4. The van der Waals surface area contributed by atoms with Gasteiger partial charge >= 0.3 is 5.69 Å². The number of benzene rings is 2. The highest BCUT2D eigenvalue weighted by Gasteiger charge is 2.16. The average molecular weight is 384 g/mol. The molecule has 2 aromatic heterocycles. The lowest BCUT2D eigenvalue weighted by Gasteiger charge is -2.09. The maximum absolute atomic E-state index is 14.9. The van der Waals surface area contributed by atoms with Gasteiger partial charge in [-0.2, -0.15) is 5.10 Å². The van der Waals surface area contributed by atoms with Crippen molar-refractivity contribution in [1.82, 2.24) is 25.1 Å². The Balaban J connectivity index is 1.75. The fourth-order valence-electron chi connectivity index (χ4n) is 2.88. The third-order valence-corrected chi connectivity index (χ3v) is 4.32. The van der Waals surface area contributed by atoms with Crippen molar-refractivity contribution in [3.05, 3.63) is 70.4 Å². The number of hydrogen-bond donors (Lipinski definition) is 2.